The van der Waals surface area contributed by atoms with Crippen molar-refractivity contribution in [3.8, 4) is 11.5 Å². The average molecular weight is 502 g/mol. The fourth-order valence-electron chi connectivity index (χ4n) is 4.35. The second kappa shape index (κ2) is 13.3. The number of aryl methyl sites for hydroxylation is 2. The molecule has 1 amide bonds. The molecule has 1 N–H and O–H groups in total. The smallest absolute Gasteiger partial charge is 0.286 e. The minimum Gasteiger partial charge on any atom is -0.493 e. The van der Waals surface area contributed by atoms with E-state index in [2.05, 4.69) is 28.1 Å². The number of allylic oxidation sites excluding steroid dienone is 1. The molecule has 4 aromatic rings. The lowest BCUT2D eigenvalue weighted by molar-refractivity contribution is 0.0925. The topological polar surface area (TPSA) is 78.5 Å². The molecule has 7 nitrogen and oxygen atoms in total. The fourth-order valence-corrected chi connectivity index (χ4v) is 4.35. The number of fused-ring (bicyclic) bond motifs is 1. The van der Waals surface area contributed by atoms with Gasteiger partial charge in [-0.1, -0.05) is 36.8 Å². The maximum absolute atomic E-state index is 12.0. The molecule has 0 unspecified atom stereocenters. The largest absolute Gasteiger partial charge is 0.493 e. The summed E-state index contributed by atoms with van der Waals surface area (Å²) in [5.41, 5.74) is 3.25. The Labute approximate surface area is 218 Å². The molecule has 2 aromatic carbocycles. The molecule has 0 aliphatic rings. The minimum atomic E-state index is -0.166. The summed E-state index contributed by atoms with van der Waals surface area (Å²) in [7, 11) is 1.67. The summed E-state index contributed by atoms with van der Waals surface area (Å²) in [5, 5.41) is 2.90. The molecule has 37 heavy (non-hydrogen) atoms. The zero-order valence-corrected chi connectivity index (χ0v) is 21.6. The van der Waals surface area contributed by atoms with Crippen LogP contribution in [0.5, 0.6) is 11.5 Å². The summed E-state index contributed by atoms with van der Waals surface area (Å²) in [5.74, 6) is 2.77. The van der Waals surface area contributed by atoms with Crippen LogP contribution in [0.4, 0.5) is 0 Å². The predicted molar refractivity (Wildman–Crippen MR) is 146 cm³/mol. The summed E-state index contributed by atoms with van der Waals surface area (Å²) >= 11 is 0. The predicted octanol–water partition coefficient (Wildman–Crippen LogP) is 6.28. The van der Waals surface area contributed by atoms with Gasteiger partial charge in [0.05, 0.1) is 31.0 Å². The van der Waals surface area contributed by atoms with Crippen molar-refractivity contribution in [2.45, 2.75) is 45.6 Å². The van der Waals surface area contributed by atoms with E-state index in [1.807, 2.05) is 43.3 Å². The molecule has 0 bridgehead atoms. The van der Waals surface area contributed by atoms with Crippen molar-refractivity contribution in [2.24, 2.45) is 0 Å². The van der Waals surface area contributed by atoms with Crippen LogP contribution in [-0.4, -0.2) is 35.7 Å². The van der Waals surface area contributed by atoms with E-state index in [1.165, 1.54) is 6.26 Å². The zero-order valence-electron chi connectivity index (χ0n) is 21.6. The number of hydrogen-bond donors (Lipinski definition) is 1. The second-order valence-corrected chi connectivity index (χ2v) is 8.82. The van der Waals surface area contributed by atoms with Crippen LogP contribution in [0.3, 0.4) is 0 Å². The van der Waals surface area contributed by atoms with E-state index in [4.69, 9.17) is 18.9 Å². The molecule has 4 rings (SSSR count). The molecular formula is C30H35N3O4. The number of amides is 1. The summed E-state index contributed by atoms with van der Waals surface area (Å²) in [6.07, 6.45) is 10.2. The molecule has 2 aromatic heterocycles. The number of nitrogens with one attached hydrogen (secondary N) is 1. The fraction of sp³-hybridized carbons (Fsp3) is 0.333. The monoisotopic (exact) mass is 501 g/mol. The van der Waals surface area contributed by atoms with Crippen molar-refractivity contribution in [3.05, 3.63) is 84.1 Å². The lowest BCUT2D eigenvalue weighted by atomic mass is 10.2. The maximum Gasteiger partial charge on any atom is 0.286 e. The third-order valence-corrected chi connectivity index (χ3v) is 6.17. The molecule has 0 fully saturated rings. The molecule has 0 aliphatic carbocycles. The number of imidazole rings is 1. The van der Waals surface area contributed by atoms with Gasteiger partial charge in [0, 0.05) is 19.5 Å². The quantitative estimate of drug-likeness (QED) is 0.206. The normalized spacial score (nSPS) is 11.3. The Morgan fingerprint density at radius 1 is 1.05 bits per heavy atom. The molecule has 7 heteroatoms. The third kappa shape index (κ3) is 7.03. The minimum absolute atomic E-state index is 0.166. The lowest BCUT2D eigenvalue weighted by Gasteiger charge is -2.13. The Kier molecular flexibility index (Phi) is 9.41. The van der Waals surface area contributed by atoms with Crippen LogP contribution in [0.1, 0.15) is 54.5 Å². The van der Waals surface area contributed by atoms with E-state index < -0.39 is 0 Å². The highest BCUT2D eigenvalue weighted by Gasteiger charge is 2.11. The summed E-state index contributed by atoms with van der Waals surface area (Å²) in [6.45, 7) is 4.04. The van der Waals surface area contributed by atoms with E-state index in [1.54, 1.807) is 19.2 Å². The first-order valence-electron chi connectivity index (χ1n) is 12.9. The molecule has 0 radical (unpaired) electrons. The highest BCUT2D eigenvalue weighted by atomic mass is 16.5. The van der Waals surface area contributed by atoms with Gasteiger partial charge in [-0.2, -0.15) is 0 Å². The number of methoxy groups -OCH3 is 1. The van der Waals surface area contributed by atoms with Gasteiger partial charge >= 0.3 is 0 Å². The molecular weight excluding hydrogens is 466 g/mol. The van der Waals surface area contributed by atoms with E-state index in [9.17, 15) is 4.79 Å². The molecule has 194 valence electrons. The third-order valence-electron chi connectivity index (χ3n) is 6.17. The van der Waals surface area contributed by atoms with Crippen molar-refractivity contribution < 1.29 is 18.7 Å². The second-order valence-electron chi connectivity index (χ2n) is 8.82. The van der Waals surface area contributed by atoms with Crippen molar-refractivity contribution in [1.82, 2.24) is 14.9 Å². The first-order chi connectivity index (χ1) is 18.2. The van der Waals surface area contributed by atoms with E-state index in [-0.39, 0.29) is 5.91 Å². The van der Waals surface area contributed by atoms with Crippen molar-refractivity contribution in [1.29, 1.82) is 0 Å². The van der Waals surface area contributed by atoms with E-state index in [0.29, 0.717) is 18.9 Å². The molecule has 0 saturated carbocycles. The Morgan fingerprint density at radius 2 is 1.95 bits per heavy atom. The first-order valence-corrected chi connectivity index (χ1v) is 12.9. The number of rotatable bonds is 14. The highest BCUT2D eigenvalue weighted by Crippen LogP contribution is 2.29. The standard InChI is InChI=1S/C30H35N3O4/c1-3-11-23-16-17-26(28(22-23)35-2)36-21-10-19-33-25-13-7-6-12-24(25)32-29(33)15-5-4-8-18-31-30(34)27-14-9-20-37-27/h3,6-7,9,11-14,16-17,20,22H,4-5,8,10,15,18-19,21H2,1-2H3,(H,31,34)/b11-3+. The van der Waals surface area contributed by atoms with Gasteiger partial charge in [0.25, 0.3) is 5.91 Å². The lowest BCUT2D eigenvalue weighted by Crippen LogP contribution is -2.23. The van der Waals surface area contributed by atoms with Crippen LogP contribution < -0.4 is 14.8 Å². The van der Waals surface area contributed by atoms with Crippen molar-refractivity contribution in [2.75, 3.05) is 20.3 Å². The summed E-state index contributed by atoms with van der Waals surface area (Å²) in [6, 6.07) is 17.6. The van der Waals surface area contributed by atoms with Crippen LogP contribution in [0.15, 0.2) is 71.4 Å². The number of para-hydroxylation sites is 2. The van der Waals surface area contributed by atoms with Gasteiger partial charge in [0.2, 0.25) is 0 Å². The van der Waals surface area contributed by atoms with Gasteiger partial charge in [0.15, 0.2) is 17.3 Å². The number of carbonyl (C=O) groups excluding carboxylic acids is 1. The summed E-state index contributed by atoms with van der Waals surface area (Å²) in [4.78, 5) is 16.9. The van der Waals surface area contributed by atoms with Crippen molar-refractivity contribution >= 4 is 23.0 Å². The molecule has 0 spiro atoms. The number of benzene rings is 2. The summed E-state index contributed by atoms with van der Waals surface area (Å²) < 4.78 is 19.0. The number of ether oxygens (including phenoxy) is 2. The number of hydrogen-bond acceptors (Lipinski definition) is 5. The van der Waals surface area contributed by atoms with Gasteiger partial charge < -0.3 is 23.8 Å². The van der Waals surface area contributed by atoms with Crippen LogP contribution in [-0.2, 0) is 13.0 Å². The number of nitrogens with zero attached hydrogens (tertiary/aromatic N) is 2. The van der Waals surface area contributed by atoms with Gasteiger partial charge in [-0.25, -0.2) is 4.98 Å². The van der Waals surface area contributed by atoms with Crippen LogP contribution >= 0.6 is 0 Å². The zero-order chi connectivity index (χ0) is 25.9. The van der Waals surface area contributed by atoms with Gasteiger partial charge in [-0.3, -0.25) is 4.79 Å². The average Bonchev–Trinajstić information content (AvgIpc) is 3.58. The Morgan fingerprint density at radius 3 is 2.76 bits per heavy atom. The van der Waals surface area contributed by atoms with E-state index >= 15 is 0 Å². The molecule has 0 saturated heterocycles. The van der Waals surface area contributed by atoms with Crippen molar-refractivity contribution in [3.63, 3.8) is 0 Å². The molecule has 2 heterocycles. The van der Waals surface area contributed by atoms with E-state index in [0.717, 1.165) is 72.6 Å². The molecule has 0 atom stereocenters. The first kappa shape index (κ1) is 26.1. The highest BCUT2D eigenvalue weighted by molar-refractivity contribution is 5.91. The Hall–Kier alpha value is -4.00. The van der Waals surface area contributed by atoms with Crippen LogP contribution in [0.2, 0.25) is 0 Å². The number of aromatic nitrogens is 2. The van der Waals surface area contributed by atoms with Gasteiger partial charge in [-0.05, 0) is 68.1 Å². The van der Waals surface area contributed by atoms with Gasteiger partial charge in [0.1, 0.15) is 5.82 Å². The SMILES string of the molecule is C/C=C/c1ccc(OCCCn2c(CCCCCNC(=O)c3ccco3)nc3ccccc32)c(OC)c1. The molecule has 0 aliphatic heterocycles. The number of unbranched alkanes of at least 4 members (excludes halogenated alkanes) is 2. The maximum atomic E-state index is 12.0. The number of carbonyl (C=O) groups is 1. The van der Waals surface area contributed by atoms with Crippen LogP contribution in [0.25, 0.3) is 17.1 Å². The Bertz CT molecular complexity index is 1310. The Balaban J connectivity index is 1.27. The van der Waals surface area contributed by atoms with Gasteiger partial charge in [-0.15, -0.1) is 0 Å². The van der Waals surface area contributed by atoms with Crippen LogP contribution in [0, 0.1) is 0 Å². The number of furan rings is 1.